The second-order valence-corrected chi connectivity index (χ2v) is 6.18. The first kappa shape index (κ1) is 12.7. The van der Waals surface area contributed by atoms with Crippen LogP contribution in [0.5, 0.6) is 0 Å². The number of carbonyl (C=O) groups excluding carboxylic acids is 1. The number of amides is 1. The van der Waals surface area contributed by atoms with Gasteiger partial charge in [0.25, 0.3) is 10.0 Å². The Kier molecular flexibility index (Phi) is 2.75. The largest absolute Gasteiger partial charge is 0.323 e. The first-order valence-electron chi connectivity index (χ1n) is 5.90. The lowest BCUT2D eigenvalue weighted by Crippen LogP contribution is -2.42. The molecule has 0 radical (unpaired) electrons. The molecule has 3 rings (SSSR count). The van der Waals surface area contributed by atoms with Gasteiger partial charge in [-0.25, -0.2) is 0 Å². The lowest BCUT2D eigenvalue weighted by molar-refractivity contribution is -0.115. The number of sulfonamides is 1. The molecule has 0 saturated carbocycles. The molecule has 7 nitrogen and oxygen atoms in total. The molecule has 1 aliphatic rings. The van der Waals surface area contributed by atoms with Gasteiger partial charge in [0, 0.05) is 7.05 Å². The smallest absolute Gasteiger partial charge is 0.282 e. The van der Waals surface area contributed by atoms with Gasteiger partial charge in [-0.05, 0) is 18.2 Å². The second-order valence-electron chi connectivity index (χ2n) is 4.37. The van der Waals surface area contributed by atoms with Crippen molar-refractivity contribution in [2.75, 3.05) is 16.2 Å². The molecular weight excluding hydrogens is 280 g/mol. The highest BCUT2D eigenvalue weighted by Crippen LogP contribution is 2.32. The van der Waals surface area contributed by atoms with Crippen LogP contribution in [0.3, 0.4) is 0 Å². The van der Waals surface area contributed by atoms with E-state index in [2.05, 4.69) is 10.4 Å². The first-order valence-corrected chi connectivity index (χ1v) is 7.34. The highest BCUT2D eigenvalue weighted by molar-refractivity contribution is 7.92. The van der Waals surface area contributed by atoms with E-state index in [4.69, 9.17) is 0 Å². The summed E-state index contributed by atoms with van der Waals surface area (Å²) < 4.78 is 27.7. The van der Waals surface area contributed by atoms with E-state index >= 15 is 0 Å². The van der Waals surface area contributed by atoms with Crippen LogP contribution in [0, 0.1) is 0 Å². The highest BCUT2D eigenvalue weighted by atomic mass is 32.2. The Morgan fingerprint density at radius 3 is 2.70 bits per heavy atom. The second kappa shape index (κ2) is 4.34. The van der Waals surface area contributed by atoms with Crippen LogP contribution in [0.15, 0.2) is 41.6 Å². The number of aryl methyl sites for hydroxylation is 1. The fraction of sp³-hybridized carbons (Fsp3) is 0.167. The fourth-order valence-electron chi connectivity index (χ4n) is 2.14. The summed E-state index contributed by atoms with van der Waals surface area (Å²) in [4.78, 5) is 11.7. The SMILES string of the molecule is Cn1nccc1S(=O)(=O)N1CC(=O)Nc2ccccc21. The number of anilines is 2. The number of hydrogen-bond acceptors (Lipinski definition) is 4. The van der Waals surface area contributed by atoms with Crippen LogP contribution in [0.1, 0.15) is 0 Å². The van der Waals surface area contributed by atoms with Crippen molar-refractivity contribution < 1.29 is 13.2 Å². The molecule has 8 heteroatoms. The zero-order valence-corrected chi connectivity index (χ0v) is 11.5. The molecule has 0 unspecified atom stereocenters. The van der Waals surface area contributed by atoms with Crippen LogP contribution in [0.25, 0.3) is 0 Å². The lowest BCUT2D eigenvalue weighted by Gasteiger charge is -2.29. The standard InChI is InChI=1S/C12H12N4O3S/c1-15-12(6-7-13-15)20(18,19)16-8-11(17)14-9-4-2-3-5-10(9)16/h2-7H,8H2,1H3,(H,14,17). The maximum atomic E-state index is 12.7. The molecule has 20 heavy (non-hydrogen) atoms. The Morgan fingerprint density at radius 2 is 2.00 bits per heavy atom. The van der Waals surface area contributed by atoms with E-state index in [0.717, 1.165) is 4.31 Å². The number of hydrogen-bond donors (Lipinski definition) is 1. The van der Waals surface area contributed by atoms with Crippen molar-refractivity contribution in [1.82, 2.24) is 9.78 Å². The molecule has 2 heterocycles. The molecule has 0 atom stereocenters. The van der Waals surface area contributed by atoms with Gasteiger partial charge >= 0.3 is 0 Å². The van der Waals surface area contributed by atoms with E-state index in [-0.39, 0.29) is 17.5 Å². The third-order valence-electron chi connectivity index (χ3n) is 3.06. The maximum absolute atomic E-state index is 12.7. The van der Waals surface area contributed by atoms with Crippen LogP contribution in [-0.2, 0) is 21.9 Å². The summed E-state index contributed by atoms with van der Waals surface area (Å²) in [6.45, 7) is -0.246. The van der Waals surface area contributed by atoms with Gasteiger partial charge in [-0.2, -0.15) is 13.5 Å². The average molecular weight is 292 g/mol. The van der Waals surface area contributed by atoms with Gasteiger partial charge in [-0.15, -0.1) is 0 Å². The van der Waals surface area contributed by atoms with Crippen molar-refractivity contribution in [2.24, 2.45) is 7.05 Å². The maximum Gasteiger partial charge on any atom is 0.282 e. The monoisotopic (exact) mass is 292 g/mol. The number of nitrogens with zero attached hydrogens (tertiary/aromatic N) is 3. The van der Waals surface area contributed by atoms with Gasteiger partial charge in [0.2, 0.25) is 5.91 Å². The number of para-hydroxylation sites is 2. The van der Waals surface area contributed by atoms with E-state index in [1.165, 1.54) is 16.9 Å². The molecule has 1 aliphatic heterocycles. The van der Waals surface area contributed by atoms with Gasteiger partial charge in [-0.1, -0.05) is 12.1 Å². The first-order chi connectivity index (χ1) is 9.50. The Morgan fingerprint density at radius 1 is 1.25 bits per heavy atom. The third kappa shape index (κ3) is 1.85. The summed E-state index contributed by atoms with van der Waals surface area (Å²) in [7, 11) is -2.28. The van der Waals surface area contributed by atoms with Crippen LogP contribution < -0.4 is 9.62 Å². The molecule has 1 amide bonds. The highest BCUT2D eigenvalue weighted by Gasteiger charge is 2.33. The van der Waals surface area contributed by atoms with E-state index in [0.29, 0.717) is 11.4 Å². The number of carbonyl (C=O) groups is 1. The Bertz CT molecular complexity index is 782. The Balaban J connectivity index is 2.16. The summed E-state index contributed by atoms with van der Waals surface area (Å²) >= 11 is 0. The topological polar surface area (TPSA) is 84.3 Å². The van der Waals surface area contributed by atoms with Crippen LogP contribution in [0.4, 0.5) is 11.4 Å². The molecule has 2 aromatic rings. The van der Waals surface area contributed by atoms with Crippen LogP contribution in [0.2, 0.25) is 0 Å². The van der Waals surface area contributed by atoms with E-state index < -0.39 is 10.0 Å². The minimum Gasteiger partial charge on any atom is -0.323 e. The molecule has 0 aliphatic carbocycles. The number of aromatic nitrogens is 2. The average Bonchev–Trinajstić information content (AvgIpc) is 2.84. The van der Waals surface area contributed by atoms with Crippen molar-refractivity contribution in [3.05, 3.63) is 36.5 Å². The molecule has 0 fully saturated rings. The summed E-state index contributed by atoms with van der Waals surface area (Å²) in [6, 6.07) is 8.19. The number of fused-ring (bicyclic) bond motifs is 1. The predicted molar refractivity (Wildman–Crippen MR) is 72.8 cm³/mol. The van der Waals surface area contributed by atoms with Gasteiger partial charge < -0.3 is 5.32 Å². The summed E-state index contributed by atoms with van der Waals surface area (Å²) in [6.07, 6.45) is 1.41. The van der Waals surface area contributed by atoms with Crippen molar-refractivity contribution in [1.29, 1.82) is 0 Å². The zero-order chi connectivity index (χ0) is 14.3. The van der Waals surface area contributed by atoms with Crippen LogP contribution >= 0.6 is 0 Å². The molecular formula is C12H12N4O3S. The van der Waals surface area contributed by atoms with Crippen molar-refractivity contribution >= 4 is 27.3 Å². The quantitative estimate of drug-likeness (QED) is 0.877. The predicted octanol–water partition coefficient (Wildman–Crippen LogP) is 0.567. The van der Waals surface area contributed by atoms with Gasteiger partial charge in [0.05, 0.1) is 17.6 Å². The van der Waals surface area contributed by atoms with E-state index in [1.807, 2.05) is 0 Å². The molecule has 1 aromatic heterocycles. The van der Waals surface area contributed by atoms with Crippen LogP contribution in [-0.4, -0.2) is 30.7 Å². The molecule has 0 saturated heterocycles. The third-order valence-corrected chi connectivity index (χ3v) is 4.90. The number of benzene rings is 1. The summed E-state index contributed by atoms with van der Waals surface area (Å²) in [5, 5.41) is 6.56. The Labute approximate surface area is 115 Å². The summed E-state index contributed by atoms with van der Waals surface area (Å²) in [5.41, 5.74) is 0.933. The van der Waals surface area contributed by atoms with Crippen molar-refractivity contribution in [3.63, 3.8) is 0 Å². The number of nitrogens with one attached hydrogen (secondary N) is 1. The molecule has 104 valence electrons. The van der Waals surface area contributed by atoms with Crippen molar-refractivity contribution in [2.45, 2.75) is 5.03 Å². The summed E-state index contributed by atoms with van der Waals surface area (Å²) in [5.74, 6) is -0.366. The van der Waals surface area contributed by atoms with E-state index in [1.54, 1.807) is 31.3 Å². The van der Waals surface area contributed by atoms with Gasteiger partial charge in [0.15, 0.2) is 5.03 Å². The normalized spacial score (nSPS) is 14.8. The van der Waals surface area contributed by atoms with Crippen molar-refractivity contribution in [3.8, 4) is 0 Å². The van der Waals surface area contributed by atoms with E-state index in [9.17, 15) is 13.2 Å². The molecule has 0 bridgehead atoms. The molecule has 1 N–H and O–H groups in total. The minimum atomic E-state index is -3.82. The van der Waals surface area contributed by atoms with Gasteiger partial charge in [0.1, 0.15) is 6.54 Å². The minimum absolute atomic E-state index is 0.0435. The Hall–Kier alpha value is -2.35. The lowest BCUT2D eigenvalue weighted by atomic mass is 10.2. The molecule has 1 aromatic carbocycles. The molecule has 0 spiro atoms. The van der Waals surface area contributed by atoms with Gasteiger partial charge in [-0.3, -0.25) is 13.8 Å². The zero-order valence-electron chi connectivity index (χ0n) is 10.6. The number of rotatable bonds is 2. The fourth-order valence-corrected chi connectivity index (χ4v) is 3.69.